The summed E-state index contributed by atoms with van der Waals surface area (Å²) in [5, 5.41) is 0. The molecule has 0 unspecified atom stereocenters. The predicted octanol–water partition coefficient (Wildman–Crippen LogP) is 3.35. The van der Waals surface area contributed by atoms with E-state index in [0.29, 0.717) is 26.1 Å². The number of benzene rings is 1. The van der Waals surface area contributed by atoms with Gasteiger partial charge in [0.15, 0.2) is 0 Å². The summed E-state index contributed by atoms with van der Waals surface area (Å²) in [7, 11) is 1.60. The molecule has 0 N–H and O–H groups in total. The molecule has 0 aliphatic carbocycles. The highest BCUT2D eigenvalue weighted by atomic mass is 16.7. The van der Waals surface area contributed by atoms with Gasteiger partial charge in [-0.15, -0.1) is 11.8 Å². The van der Waals surface area contributed by atoms with Crippen molar-refractivity contribution in [1.29, 1.82) is 0 Å². The van der Waals surface area contributed by atoms with Crippen LogP contribution in [0.2, 0.25) is 0 Å². The summed E-state index contributed by atoms with van der Waals surface area (Å²) in [6.07, 6.45) is 9.68. The fourth-order valence-corrected chi connectivity index (χ4v) is 1.75. The number of rotatable bonds is 10. The first-order valence-corrected chi connectivity index (χ1v) is 7.44. The highest BCUT2D eigenvalue weighted by Crippen LogP contribution is 2.04. The Bertz CT molecular complexity index is 479. The molecule has 22 heavy (non-hydrogen) atoms. The van der Waals surface area contributed by atoms with E-state index >= 15 is 0 Å². The van der Waals surface area contributed by atoms with Gasteiger partial charge in [-0.3, -0.25) is 0 Å². The second-order valence-electron chi connectivity index (χ2n) is 4.78. The van der Waals surface area contributed by atoms with Gasteiger partial charge in [-0.25, -0.2) is 0 Å². The maximum atomic E-state index is 6.83. The number of unbranched alkanes of at least 4 members (excludes halogenated alkanes) is 2. The van der Waals surface area contributed by atoms with Crippen LogP contribution in [0.25, 0.3) is 0 Å². The molecule has 0 spiro atoms. The Morgan fingerprint density at radius 3 is 2.68 bits per heavy atom. The first-order valence-electron chi connectivity index (χ1n) is 7.44. The van der Waals surface area contributed by atoms with Crippen molar-refractivity contribution in [3.8, 4) is 17.8 Å². The summed E-state index contributed by atoms with van der Waals surface area (Å²) in [6.45, 7) is 1.29. The number of hydrogen-bond acceptors (Lipinski definition) is 3. The smallest absolute Gasteiger partial charge is 0.146 e. The van der Waals surface area contributed by atoms with E-state index in [1.54, 1.807) is 7.11 Å². The van der Waals surface area contributed by atoms with Gasteiger partial charge in [0.2, 0.25) is 0 Å². The number of hydrogen-bond donors (Lipinski definition) is 0. The summed E-state index contributed by atoms with van der Waals surface area (Å²) < 4.78 is 16.2. The average Bonchev–Trinajstić information content (AvgIpc) is 2.56. The zero-order valence-corrected chi connectivity index (χ0v) is 13.1. The van der Waals surface area contributed by atoms with Gasteiger partial charge >= 0.3 is 0 Å². The van der Waals surface area contributed by atoms with Crippen LogP contribution in [0.3, 0.4) is 0 Å². The SMILES string of the molecule is [C-]#CCCCC#CC[C@@H](COCc1ccccc1)OCOC. The summed E-state index contributed by atoms with van der Waals surface area (Å²) in [6, 6.07) is 10.0. The van der Waals surface area contributed by atoms with Crippen LogP contribution in [0.15, 0.2) is 30.3 Å². The molecule has 0 saturated heterocycles. The monoisotopic (exact) mass is 299 g/mol. The van der Waals surface area contributed by atoms with Crippen LogP contribution in [0.1, 0.15) is 31.2 Å². The standard InChI is InChI=1S/C19H23O3/c1-3-4-5-6-7-11-14-19(22-17-20-2)16-21-15-18-12-9-8-10-13-18/h8-10,12-13,19H,4-6,14-17H2,2H3/q-1/t19-/m0/s1. The van der Waals surface area contributed by atoms with Gasteiger partial charge in [0.25, 0.3) is 0 Å². The molecule has 3 nitrogen and oxygen atoms in total. The van der Waals surface area contributed by atoms with Crippen LogP contribution in [-0.4, -0.2) is 26.6 Å². The minimum Gasteiger partial charge on any atom is -0.694 e. The third-order valence-corrected chi connectivity index (χ3v) is 2.90. The fraction of sp³-hybridized carbons (Fsp3) is 0.474. The molecule has 0 aliphatic rings. The molecule has 3 heteroatoms. The van der Waals surface area contributed by atoms with Crippen LogP contribution in [0, 0.1) is 24.2 Å². The normalized spacial score (nSPS) is 11.3. The lowest BCUT2D eigenvalue weighted by Gasteiger charge is -2.15. The lowest BCUT2D eigenvalue weighted by Crippen LogP contribution is -2.20. The molecule has 1 aromatic carbocycles. The zero-order valence-electron chi connectivity index (χ0n) is 13.1. The van der Waals surface area contributed by atoms with Crippen molar-refractivity contribution < 1.29 is 14.2 Å². The van der Waals surface area contributed by atoms with Gasteiger partial charge in [-0.05, 0) is 18.4 Å². The van der Waals surface area contributed by atoms with Crippen LogP contribution in [0.4, 0.5) is 0 Å². The molecule has 1 atom stereocenters. The molecule has 0 aromatic heterocycles. The average molecular weight is 299 g/mol. The first kappa shape index (κ1) is 18.3. The number of methoxy groups -OCH3 is 1. The maximum Gasteiger partial charge on any atom is 0.146 e. The minimum atomic E-state index is -0.0922. The predicted molar refractivity (Wildman–Crippen MR) is 86.2 cm³/mol. The number of ether oxygens (including phenoxy) is 3. The van der Waals surface area contributed by atoms with E-state index in [0.717, 1.165) is 18.4 Å². The van der Waals surface area contributed by atoms with Crippen LogP contribution in [-0.2, 0) is 20.8 Å². The van der Waals surface area contributed by atoms with E-state index in [9.17, 15) is 0 Å². The van der Waals surface area contributed by atoms with Crippen molar-refractivity contribution in [2.45, 2.75) is 38.4 Å². The van der Waals surface area contributed by atoms with Gasteiger partial charge < -0.3 is 26.6 Å². The summed E-state index contributed by atoms with van der Waals surface area (Å²) in [4.78, 5) is 0. The Hall–Kier alpha value is -1.78. The first-order chi connectivity index (χ1) is 10.9. The van der Waals surface area contributed by atoms with E-state index in [2.05, 4.69) is 17.8 Å². The molecule has 0 radical (unpaired) electrons. The summed E-state index contributed by atoms with van der Waals surface area (Å²) in [5.74, 6) is 8.55. The van der Waals surface area contributed by atoms with Crippen molar-refractivity contribution in [1.82, 2.24) is 0 Å². The van der Waals surface area contributed by atoms with Gasteiger partial charge in [-0.1, -0.05) is 30.3 Å². The van der Waals surface area contributed by atoms with Crippen molar-refractivity contribution in [3.05, 3.63) is 42.3 Å². The Labute approximate surface area is 134 Å². The third-order valence-electron chi connectivity index (χ3n) is 2.90. The van der Waals surface area contributed by atoms with Crippen LogP contribution in [0.5, 0.6) is 0 Å². The van der Waals surface area contributed by atoms with Crippen molar-refractivity contribution >= 4 is 0 Å². The highest BCUT2D eigenvalue weighted by Gasteiger charge is 2.08. The minimum absolute atomic E-state index is 0.0922. The van der Waals surface area contributed by atoms with Gasteiger partial charge in [0.05, 0.1) is 19.3 Å². The Kier molecular flexibility index (Phi) is 10.7. The second-order valence-corrected chi connectivity index (χ2v) is 4.78. The van der Waals surface area contributed by atoms with E-state index < -0.39 is 0 Å². The van der Waals surface area contributed by atoms with E-state index in [1.165, 1.54) is 0 Å². The van der Waals surface area contributed by atoms with Crippen LogP contribution < -0.4 is 0 Å². The van der Waals surface area contributed by atoms with E-state index in [-0.39, 0.29) is 12.9 Å². The fourth-order valence-electron chi connectivity index (χ4n) is 1.75. The molecule has 0 amide bonds. The van der Waals surface area contributed by atoms with Gasteiger partial charge in [0.1, 0.15) is 6.79 Å². The molecule has 0 fully saturated rings. The highest BCUT2D eigenvalue weighted by molar-refractivity contribution is 5.13. The molecule has 0 saturated carbocycles. The Morgan fingerprint density at radius 2 is 1.95 bits per heavy atom. The Morgan fingerprint density at radius 1 is 1.14 bits per heavy atom. The summed E-state index contributed by atoms with van der Waals surface area (Å²) >= 11 is 0. The molecule has 118 valence electrons. The quantitative estimate of drug-likeness (QED) is 0.287. The lowest BCUT2D eigenvalue weighted by atomic mass is 10.2. The largest absolute Gasteiger partial charge is 0.694 e. The molecular formula is C19H23O3-. The topological polar surface area (TPSA) is 27.7 Å². The second kappa shape index (κ2) is 12.9. The molecule has 0 bridgehead atoms. The molecule has 0 heterocycles. The van der Waals surface area contributed by atoms with Gasteiger partial charge in [0, 0.05) is 20.0 Å². The zero-order chi connectivity index (χ0) is 15.9. The van der Waals surface area contributed by atoms with Crippen molar-refractivity contribution in [2.75, 3.05) is 20.5 Å². The molecule has 0 aliphatic heterocycles. The Balaban J connectivity index is 2.28. The third kappa shape index (κ3) is 9.21. The van der Waals surface area contributed by atoms with Crippen molar-refractivity contribution in [2.24, 2.45) is 0 Å². The van der Waals surface area contributed by atoms with Crippen molar-refractivity contribution in [3.63, 3.8) is 0 Å². The molecular weight excluding hydrogens is 276 g/mol. The van der Waals surface area contributed by atoms with E-state index in [4.69, 9.17) is 20.6 Å². The van der Waals surface area contributed by atoms with Crippen LogP contribution >= 0.6 is 0 Å². The summed E-state index contributed by atoms with van der Waals surface area (Å²) in [5.41, 5.74) is 1.14. The molecule has 1 aromatic rings. The van der Waals surface area contributed by atoms with E-state index in [1.807, 2.05) is 30.3 Å². The molecule has 1 rings (SSSR count). The maximum absolute atomic E-state index is 6.83. The van der Waals surface area contributed by atoms with Gasteiger partial charge in [-0.2, -0.15) is 0 Å². The lowest BCUT2D eigenvalue weighted by molar-refractivity contribution is -0.0966.